The van der Waals surface area contributed by atoms with Gasteiger partial charge in [0.25, 0.3) is 0 Å². The number of fused-ring (bicyclic) bond motifs is 2. The van der Waals surface area contributed by atoms with Crippen molar-refractivity contribution in [1.29, 1.82) is 0 Å². The van der Waals surface area contributed by atoms with Crippen LogP contribution in [0, 0.1) is 11.6 Å². The summed E-state index contributed by atoms with van der Waals surface area (Å²) in [5.41, 5.74) is 2.33. The quantitative estimate of drug-likeness (QED) is 0.193. The van der Waals surface area contributed by atoms with E-state index in [0.717, 1.165) is 0 Å². The topological polar surface area (TPSA) is 159 Å². The summed E-state index contributed by atoms with van der Waals surface area (Å²) in [5.74, 6) is -5.86. The largest absolute Gasteiger partial charge is 0.490 e. The molecule has 0 spiro atoms. The van der Waals surface area contributed by atoms with Crippen molar-refractivity contribution < 1.29 is 54.9 Å². The second-order valence-electron chi connectivity index (χ2n) is 8.18. The Hall–Kier alpha value is -5.36. The van der Waals surface area contributed by atoms with E-state index in [9.17, 15) is 30.7 Å². The van der Waals surface area contributed by atoms with Crippen molar-refractivity contribution in [2.24, 2.45) is 0 Å². The number of hydrogen-bond donors (Lipinski definition) is 4. The van der Waals surface area contributed by atoms with Crippen LogP contribution in [-0.4, -0.2) is 64.0 Å². The third-order valence-corrected chi connectivity index (χ3v) is 5.24. The number of nitrogens with one attached hydrogen (secondary N) is 2. The molecular formula is C24H17F8N7O4. The zero-order chi connectivity index (χ0) is 32.1. The molecule has 0 aliphatic carbocycles. The molecule has 0 saturated heterocycles. The number of imidazole rings is 1. The molecule has 0 radical (unpaired) electrons. The summed E-state index contributed by atoms with van der Waals surface area (Å²) in [4.78, 5) is 37.5. The smallest absolute Gasteiger partial charge is 0.475 e. The number of alkyl halides is 6. The van der Waals surface area contributed by atoms with E-state index in [0.29, 0.717) is 39.4 Å². The maximum absolute atomic E-state index is 15.4. The Kier molecular flexibility index (Phi) is 9.47. The van der Waals surface area contributed by atoms with Crippen LogP contribution >= 0.6 is 0 Å². The van der Waals surface area contributed by atoms with Crippen molar-refractivity contribution in [1.82, 2.24) is 29.5 Å². The lowest BCUT2D eigenvalue weighted by molar-refractivity contribution is -0.193. The molecule has 228 valence electrons. The molecule has 0 amide bonds. The molecule has 0 aliphatic rings. The van der Waals surface area contributed by atoms with Crippen molar-refractivity contribution in [2.75, 3.05) is 5.32 Å². The molecular weight excluding hydrogens is 602 g/mol. The summed E-state index contributed by atoms with van der Waals surface area (Å²) < 4.78 is 94.4. The van der Waals surface area contributed by atoms with E-state index in [1.807, 2.05) is 0 Å². The fraction of sp³-hybridized carbons (Fsp3) is 0.167. The molecule has 4 heterocycles. The van der Waals surface area contributed by atoms with Crippen molar-refractivity contribution in [3.63, 3.8) is 0 Å². The maximum atomic E-state index is 15.4. The van der Waals surface area contributed by atoms with Crippen molar-refractivity contribution >= 4 is 40.0 Å². The first-order valence-corrected chi connectivity index (χ1v) is 11.4. The second kappa shape index (κ2) is 12.7. The summed E-state index contributed by atoms with van der Waals surface area (Å²) in [6.07, 6.45) is -5.68. The highest BCUT2D eigenvalue weighted by atomic mass is 19.4. The van der Waals surface area contributed by atoms with Gasteiger partial charge >= 0.3 is 24.3 Å². The number of H-pyrrole nitrogens is 1. The highest BCUT2D eigenvalue weighted by Crippen LogP contribution is 2.33. The monoisotopic (exact) mass is 619 g/mol. The van der Waals surface area contributed by atoms with Gasteiger partial charge in [-0.25, -0.2) is 38.3 Å². The SMILES string of the molecule is CC(Nc1ncnc2nc[nH]c12)c1c(F)c2cccnc2n1-c1cccc(F)c1.O=C(O)C(F)(F)F.O=C(O)C(F)(F)F. The van der Waals surface area contributed by atoms with Crippen LogP contribution in [0.2, 0.25) is 0 Å². The molecule has 4 N–H and O–H groups in total. The number of carbonyl (C=O) groups is 2. The number of carboxylic acids is 2. The van der Waals surface area contributed by atoms with E-state index in [-0.39, 0.29) is 0 Å². The minimum absolute atomic E-state index is 0.315. The van der Waals surface area contributed by atoms with Crippen molar-refractivity contribution in [3.8, 4) is 5.69 Å². The number of halogens is 8. The summed E-state index contributed by atoms with van der Waals surface area (Å²) in [7, 11) is 0. The lowest BCUT2D eigenvalue weighted by atomic mass is 10.2. The third-order valence-electron chi connectivity index (χ3n) is 5.24. The van der Waals surface area contributed by atoms with E-state index >= 15 is 4.39 Å². The molecule has 0 saturated carbocycles. The summed E-state index contributed by atoms with van der Waals surface area (Å²) in [6, 6.07) is 8.79. The van der Waals surface area contributed by atoms with Gasteiger partial charge in [0.1, 0.15) is 23.3 Å². The molecule has 4 aromatic heterocycles. The lowest BCUT2D eigenvalue weighted by Gasteiger charge is -2.18. The van der Waals surface area contributed by atoms with Gasteiger partial charge in [-0.1, -0.05) is 6.07 Å². The Bertz CT molecular complexity index is 1730. The van der Waals surface area contributed by atoms with Gasteiger partial charge in [0.15, 0.2) is 17.3 Å². The predicted molar refractivity (Wildman–Crippen MR) is 132 cm³/mol. The summed E-state index contributed by atoms with van der Waals surface area (Å²) >= 11 is 0. The van der Waals surface area contributed by atoms with Gasteiger partial charge in [-0.3, -0.25) is 4.57 Å². The molecule has 0 fully saturated rings. The summed E-state index contributed by atoms with van der Waals surface area (Å²) in [6.45, 7) is 1.80. The number of nitrogens with zero attached hydrogens (tertiary/aromatic N) is 5. The molecule has 1 unspecified atom stereocenters. The number of rotatable bonds is 4. The van der Waals surface area contributed by atoms with E-state index in [2.05, 4.69) is 30.2 Å². The number of aromatic amines is 1. The predicted octanol–water partition coefficient (Wildman–Crippen LogP) is 5.41. The first kappa shape index (κ1) is 32.2. The van der Waals surface area contributed by atoms with E-state index < -0.39 is 42.0 Å². The number of anilines is 1. The van der Waals surface area contributed by atoms with Gasteiger partial charge in [0.2, 0.25) is 0 Å². The normalized spacial score (nSPS) is 12.1. The number of pyridine rings is 1. The van der Waals surface area contributed by atoms with Crippen molar-refractivity contribution in [3.05, 3.63) is 72.6 Å². The van der Waals surface area contributed by atoms with Gasteiger partial charge in [-0.2, -0.15) is 26.3 Å². The van der Waals surface area contributed by atoms with Crippen LogP contribution in [0.15, 0.2) is 55.2 Å². The standard InChI is InChI=1S/C20H15F2N7.2C2HF3O2/c1-11(28-19-16-18(25-9-24-16)26-10-27-19)17-15(22)14-6-3-7-23-20(14)29(17)13-5-2-4-12(21)8-13;2*3-2(4,5)1(6)7/h2-11H,1H3,(H2,24,25,26,27,28);2*(H,6,7). The molecule has 11 nitrogen and oxygen atoms in total. The fourth-order valence-corrected chi connectivity index (χ4v) is 3.50. The van der Waals surface area contributed by atoms with E-state index in [1.165, 1.54) is 24.8 Å². The Labute approximate surface area is 233 Å². The van der Waals surface area contributed by atoms with Gasteiger partial charge in [0.05, 0.1) is 29.1 Å². The van der Waals surface area contributed by atoms with Crippen LogP contribution in [0.25, 0.3) is 27.9 Å². The zero-order valence-corrected chi connectivity index (χ0v) is 21.2. The molecule has 1 aromatic carbocycles. The Morgan fingerprint density at radius 1 is 0.930 bits per heavy atom. The lowest BCUT2D eigenvalue weighted by Crippen LogP contribution is -2.21. The average Bonchev–Trinajstić information content (AvgIpc) is 3.52. The van der Waals surface area contributed by atoms with Gasteiger partial charge < -0.3 is 20.5 Å². The van der Waals surface area contributed by atoms with Crippen molar-refractivity contribution in [2.45, 2.75) is 25.3 Å². The minimum atomic E-state index is -5.08. The highest BCUT2D eigenvalue weighted by molar-refractivity contribution is 5.83. The average molecular weight is 619 g/mol. The minimum Gasteiger partial charge on any atom is -0.475 e. The van der Waals surface area contributed by atoms with Crippen LogP contribution in [-0.2, 0) is 9.59 Å². The van der Waals surface area contributed by atoms with Crippen LogP contribution in [0.3, 0.4) is 0 Å². The number of carboxylic acid groups (broad SMARTS) is 2. The molecule has 5 aromatic rings. The van der Waals surface area contributed by atoms with E-state index in [4.69, 9.17) is 19.8 Å². The second-order valence-corrected chi connectivity index (χ2v) is 8.18. The number of aromatic nitrogens is 6. The Morgan fingerprint density at radius 3 is 2.14 bits per heavy atom. The Balaban J connectivity index is 0.000000303. The van der Waals surface area contributed by atoms with E-state index in [1.54, 1.807) is 42.0 Å². The van der Waals surface area contributed by atoms with Crippen LogP contribution in [0.1, 0.15) is 18.7 Å². The number of hydrogen-bond acceptors (Lipinski definition) is 7. The fourth-order valence-electron chi connectivity index (χ4n) is 3.50. The number of benzene rings is 1. The van der Waals surface area contributed by atoms with Gasteiger partial charge in [0, 0.05) is 6.20 Å². The molecule has 1 atom stereocenters. The first-order valence-electron chi connectivity index (χ1n) is 11.4. The summed E-state index contributed by atoms with van der Waals surface area (Å²) in [5, 5.41) is 17.8. The molecule has 0 bridgehead atoms. The van der Waals surface area contributed by atoms with Crippen LogP contribution in [0.4, 0.5) is 40.9 Å². The zero-order valence-electron chi connectivity index (χ0n) is 21.2. The Morgan fingerprint density at radius 2 is 1.56 bits per heavy atom. The van der Waals surface area contributed by atoms with Gasteiger partial charge in [-0.05, 0) is 37.3 Å². The molecule has 43 heavy (non-hydrogen) atoms. The first-order chi connectivity index (χ1) is 20.0. The molecule has 5 rings (SSSR count). The number of aliphatic carboxylic acids is 2. The van der Waals surface area contributed by atoms with Crippen LogP contribution < -0.4 is 5.32 Å². The highest BCUT2D eigenvalue weighted by Gasteiger charge is 2.38. The molecule has 19 heteroatoms. The molecule has 0 aliphatic heterocycles. The third kappa shape index (κ3) is 7.68. The van der Waals surface area contributed by atoms with Crippen LogP contribution in [0.5, 0.6) is 0 Å². The maximum Gasteiger partial charge on any atom is 0.490 e. The van der Waals surface area contributed by atoms with Gasteiger partial charge in [-0.15, -0.1) is 0 Å².